The van der Waals surface area contributed by atoms with Gasteiger partial charge in [0.1, 0.15) is 0 Å². The Kier molecular flexibility index (Phi) is 10.1. The van der Waals surface area contributed by atoms with E-state index in [1.54, 1.807) is 0 Å². The lowest BCUT2D eigenvalue weighted by molar-refractivity contribution is 0.226. The summed E-state index contributed by atoms with van der Waals surface area (Å²) in [5.74, 6) is 4.80. The van der Waals surface area contributed by atoms with Crippen molar-refractivity contribution in [2.24, 2.45) is 29.6 Å². The Balaban J connectivity index is 1.64. The van der Waals surface area contributed by atoms with E-state index in [0.29, 0.717) is 0 Å². The molecule has 2 fully saturated rings. The summed E-state index contributed by atoms with van der Waals surface area (Å²) in [4.78, 5) is 0. The molecule has 0 amide bonds. The highest BCUT2D eigenvalue weighted by atomic mass is 14.3. The van der Waals surface area contributed by atoms with Crippen molar-refractivity contribution in [2.45, 2.75) is 111 Å². The summed E-state index contributed by atoms with van der Waals surface area (Å²) in [6.45, 7) is 11.1. The third-order valence-corrected chi connectivity index (χ3v) is 7.93. The molecule has 2 aliphatic rings. The van der Waals surface area contributed by atoms with Crippen molar-refractivity contribution in [2.75, 3.05) is 0 Å². The van der Waals surface area contributed by atoms with Crippen molar-refractivity contribution in [1.29, 1.82) is 0 Å². The Labute approximate surface area is 164 Å². The number of hydrogen-bond acceptors (Lipinski definition) is 0. The van der Waals surface area contributed by atoms with Gasteiger partial charge in [0.25, 0.3) is 0 Å². The molecule has 0 N–H and O–H groups in total. The highest BCUT2D eigenvalue weighted by molar-refractivity contribution is 5.19. The van der Waals surface area contributed by atoms with Crippen molar-refractivity contribution in [3.8, 4) is 0 Å². The van der Waals surface area contributed by atoms with Crippen LogP contribution in [0.25, 0.3) is 0 Å². The van der Waals surface area contributed by atoms with Crippen molar-refractivity contribution < 1.29 is 0 Å². The van der Waals surface area contributed by atoms with Crippen LogP contribution in [0.15, 0.2) is 24.3 Å². The minimum atomic E-state index is 0.798. The fourth-order valence-corrected chi connectivity index (χ4v) is 5.77. The van der Waals surface area contributed by atoms with Crippen LogP contribution in [0.4, 0.5) is 0 Å². The summed E-state index contributed by atoms with van der Waals surface area (Å²) in [6.07, 6.45) is 24.9. The third kappa shape index (κ3) is 6.90. The van der Waals surface area contributed by atoms with Gasteiger partial charge in [-0.15, -0.1) is 0 Å². The summed E-state index contributed by atoms with van der Waals surface area (Å²) < 4.78 is 0. The predicted molar refractivity (Wildman–Crippen MR) is 117 cm³/mol. The Bertz CT molecular complexity index is 404. The molecule has 0 spiro atoms. The molecule has 0 bridgehead atoms. The van der Waals surface area contributed by atoms with Gasteiger partial charge in [-0.05, 0) is 67.8 Å². The molecule has 0 aromatic carbocycles. The summed E-state index contributed by atoms with van der Waals surface area (Å²) in [5.41, 5.74) is 1.49. The van der Waals surface area contributed by atoms with Crippen LogP contribution in [0, 0.1) is 29.6 Å². The van der Waals surface area contributed by atoms with Gasteiger partial charge in [-0.25, -0.2) is 0 Å². The normalized spacial score (nSPS) is 27.9. The second kappa shape index (κ2) is 12.0. The first-order valence-electron chi connectivity index (χ1n) is 12.0. The Morgan fingerprint density at radius 3 is 2.23 bits per heavy atom. The lowest BCUT2D eigenvalue weighted by atomic mass is 9.75. The lowest BCUT2D eigenvalue weighted by Crippen LogP contribution is -2.18. The van der Waals surface area contributed by atoms with E-state index in [1.807, 2.05) is 0 Å². The molecule has 2 aliphatic carbocycles. The minimum Gasteiger partial charge on any atom is -0.0988 e. The first-order valence-corrected chi connectivity index (χ1v) is 12.0. The van der Waals surface area contributed by atoms with E-state index in [-0.39, 0.29) is 0 Å². The van der Waals surface area contributed by atoms with E-state index < -0.39 is 0 Å². The Morgan fingerprint density at radius 2 is 1.65 bits per heavy atom. The van der Waals surface area contributed by atoms with Crippen LogP contribution in [-0.2, 0) is 0 Å². The maximum atomic E-state index is 4.00. The quantitative estimate of drug-likeness (QED) is 0.342. The molecule has 2 rings (SSSR count). The first-order chi connectivity index (χ1) is 12.7. The molecule has 2 atom stereocenters. The maximum Gasteiger partial charge on any atom is -0.0165 e. The number of rotatable bonds is 10. The van der Waals surface area contributed by atoms with Gasteiger partial charge >= 0.3 is 0 Å². The van der Waals surface area contributed by atoms with Gasteiger partial charge in [0.2, 0.25) is 0 Å². The number of allylic oxidation sites excluding steroid dienone is 3. The van der Waals surface area contributed by atoms with E-state index in [1.165, 1.54) is 95.5 Å². The summed E-state index contributed by atoms with van der Waals surface area (Å²) in [6, 6.07) is 0. The van der Waals surface area contributed by atoms with Gasteiger partial charge in [0.15, 0.2) is 0 Å². The van der Waals surface area contributed by atoms with Crippen molar-refractivity contribution in [1.82, 2.24) is 0 Å². The van der Waals surface area contributed by atoms with Crippen LogP contribution in [0.2, 0.25) is 0 Å². The Hall–Kier alpha value is -0.520. The van der Waals surface area contributed by atoms with E-state index in [0.717, 1.165) is 29.6 Å². The third-order valence-electron chi connectivity index (χ3n) is 7.93. The molecule has 2 saturated carbocycles. The standard InChI is InChI=1S/C26H46/c1-5-22(14-13-21(4)25-11-9-8-10-12-25)15-16-23-17-19-26(20-18-23)24(6-2)7-3/h6-7,21-23,25-26H,2,5,8-20H2,1,3-4H3/b24-7+. The molecule has 0 aliphatic heterocycles. The van der Waals surface area contributed by atoms with Gasteiger partial charge < -0.3 is 0 Å². The van der Waals surface area contributed by atoms with Crippen molar-refractivity contribution in [3.63, 3.8) is 0 Å². The summed E-state index contributed by atoms with van der Waals surface area (Å²) in [7, 11) is 0. The zero-order valence-electron chi connectivity index (χ0n) is 18.1. The molecule has 0 nitrogen and oxygen atoms in total. The molecule has 0 aromatic heterocycles. The van der Waals surface area contributed by atoms with Crippen LogP contribution < -0.4 is 0 Å². The molecule has 150 valence electrons. The zero-order valence-corrected chi connectivity index (χ0v) is 18.1. The monoisotopic (exact) mass is 358 g/mol. The van der Waals surface area contributed by atoms with Crippen LogP contribution in [-0.4, -0.2) is 0 Å². The summed E-state index contributed by atoms with van der Waals surface area (Å²) in [5, 5.41) is 0. The van der Waals surface area contributed by atoms with Gasteiger partial charge in [0.05, 0.1) is 0 Å². The highest BCUT2D eigenvalue weighted by Gasteiger charge is 2.24. The maximum absolute atomic E-state index is 4.00. The SMILES string of the molecule is C=C/C(=C\C)C1CCC(CCC(CC)CCC(C)C2CCCCC2)CC1. The predicted octanol–water partition coefficient (Wildman–Crippen LogP) is 8.73. The lowest BCUT2D eigenvalue weighted by Gasteiger charge is -2.31. The van der Waals surface area contributed by atoms with Gasteiger partial charge in [-0.1, -0.05) is 96.8 Å². The summed E-state index contributed by atoms with van der Waals surface area (Å²) >= 11 is 0. The van der Waals surface area contributed by atoms with Gasteiger partial charge in [0, 0.05) is 0 Å². The van der Waals surface area contributed by atoms with E-state index in [9.17, 15) is 0 Å². The van der Waals surface area contributed by atoms with Crippen molar-refractivity contribution >= 4 is 0 Å². The second-order valence-electron chi connectivity index (χ2n) is 9.51. The zero-order chi connectivity index (χ0) is 18.8. The van der Waals surface area contributed by atoms with Gasteiger partial charge in [-0.3, -0.25) is 0 Å². The molecule has 2 unspecified atom stereocenters. The number of hydrogen-bond donors (Lipinski definition) is 0. The highest BCUT2D eigenvalue weighted by Crippen LogP contribution is 2.38. The molecule has 26 heavy (non-hydrogen) atoms. The molecule has 0 saturated heterocycles. The molecule has 0 heterocycles. The fraction of sp³-hybridized carbons (Fsp3) is 0.846. The molecule has 0 heteroatoms. The molecule has 0 aromatic rings. The largest absolute Gasteiger partial charge is 0.0988 e. The molecular formula is C26H46. The molecular weight excluding hydrogens is 312 g/mol. The van der Waals surface area contributed by atoms with E-state index in [4.69, 9.17) is 0 Å². The van der Waals surface area contributed by atoms with Crippen LogP contribution in [0.1, 0.15) is 111 Å². The average Bonchev–Trinajstić information content (AvgIpc) is 2.70. The smallest absolute Gasteiger partial charge is 0.0165 e. The average molecular weight is 359 g/mol. The minimum absolute atomic E-state index is 0.798. The molecule has 0 radical (unpaired) electrons. The van der Waals surface area contributed by atoms with E-state index in [2.05, 4.69) is 39.5 Å². The topological polar surface area (TPSA) is 0 Å². The van der Waals surface area contributed by atoms with Crippen LogP contribution >= 0.6 is 0 Å². The Morgan fingerprint density at radius 1 is 0.962 bits per heavy atom. The first kappa shape index (κ1) is 21.8. The van der Waals surface area contributed by atoms with Gasteiger partial charge in [-0.2, -0.15) is 0 Å². The van der Waals surface area contributed by atoms with E-state index >= 15 is 0 Å². The van der Waals surface area contributed by atoms with Crippen molar-refractivity contribution in [3.05, 3.63) is 24.3 Å². The second-order valence-corrected chi connectivity index (χ2v) is 9.51. The van der Waals surface area contributed by atoms with Crippen LogP contribution in [0.3, 0.4) is 0 Å². The fourth-order valence-electron chi connectivity index (χ4n) is 5.77. The van der Waals surface area contributed by atoms with Crippen LogP contribution in [0.5, 0.6) is 0 Å².